The van der Waals surface area contributed by atoms with Crippen molar-refractivity contribution in [1.29, 1.82) is 0 Å². The van der Waals surface area contributed by atoms with Crippen molar-refractivity contribution in [1.82, 2.24) is 0 Å². The Balaban J connectivity index is 1.37. The summed E-state index contributed by atoms with van der Waals surface area (Å²) in [5, 5.41) is 7.16. The van der Waals surface area contributed by atoms with E-state index in [2.05, 4.69) is 73.0 Å². The molecule has 2 nitrogen and oxygen atoms in total. The highest BCUT2D eigenvalue weighted by atomic mass is 14.9. The highest BCUT2D eigenvalue weighted by Gasteiger charge is 2.00. The fourth-order valence-corrected chi connectivity index (χ4v) is 7.04. The smallest absolute Gasteiger partial charge is 0.0340 e. The molecule has 0 unspecified atom stereocenters. The largest absolute Gasteiger partial charge is 0.383 e. The number of hydrogen-bond donors (Lipinski definition) is 2. The van der Waals surface area contributed by atoms with Gasteiger partial charge >= 0.3 is 0 Å². The summed E-state index contributed by atoms with van der Waals surface area (Å²) >= 11 is 0. The zero-order valence-corrected chi connectivity index (χ0v) is 32.2. The lowest BCUT2D eigenvalue weighted by Crippen LogP contribution is -2.13. The number of anilines is 2. The van der Waals surface area contributed by atoms with E-state index in [-0.39, 0.29) is 0 Å². The van der Waals surface area contributed by atoms with Gasteiger partial charge in [-0.2, -0.15) is 0 Å². The third-order valence-corrected chi connectivity index (χ3v) is 10.3. The van der Waals surface area contributed by atoms with Gasteiger partial charge in [-0.25, -0.2) is 0 Å². The second-order valence-corrected chi connectivity index (χ2v) is 14.9. The maximum Gasteiger partial charge on any atom is 0.0340 e. The van der Waals surface area contributed by atoms with E-state index < -0.39 is 0 Å². The molecule has 0 bridgehead atoms. The molecule has 2 aromatic rings. The zero-order chi connectivity index (χ0) is 34.0. The number of aryl methyl sites for hydroxylation is 2. The molecule has 0 heterocycles. The molecule has 0 radical (unpaired) electrons. The molecule has 2 N–H and O–H groups in total. The van der Waals surface area contributed by atoms with Crippen molar-refractivity contribution in [3.05, 3.63) is 59.7 Å². The monoisotopic (exact) mass is 661 g/mol. The molecule has 0 fully saturated rings. The second-order valence-electron chi connectivity index (χ2n) is 14.9. The number of nitrogens with one attached hydrogen (secondary N) is 2. The maximum absolute atomic E-state index is 3.58. The Morgan fingerprint density at radius 1 is 0.292 bits per heavy atom. The van der Waals surface area contributed by atoms with Crippen LogP contribution in [0.2, 0.25) is 0 Å². The SMILES string of the molecule is CCCCCCCCCCCCCCCCc1ccc(NCCNc2ccc(CCCCCCCCCCCCCCCC)cc2)cc1. The van der Waals surface area contributed by atoms with E-state index >= 15 is 0 Å². The lowest BCUT2D eigenvalue weighted by molar-refractivity contribution is 0.535. The summed E-state index contributed by atoms with van der Waals surface area (Å²) in [5.74, 6) is 0. The molecule has 274 valence electrons. The van der Waals surface area contributed by atoms with Crippen molar-refractivity contribution in [2.45, 2.75) is 206 Å². The summed E-state index contributed by atoms with van der Waals surface area (Å²) in [4.78, 5) is 0. The quantitative estimate of drug-likeness (QED) is 0.0719. The van der Waals surface area contributed by atoms with Gasteiger partial charge in [0, 0.05) is 24.5 Å². The highest BCUT2D eigenvalue weighted by Crippen LogP contribution is 2.17. The van der Waals surface area contributed by atoms with Crippen LogP contribution in [0.25, 0.3) is 0 Å². The van der Waals surface area contributed by atoms with Gasteiger partial charge in [0.15, 0.2) is 0 Å². The summed E-state index contributed by atoms with van der Waals surface area (Å²) in [6.45, 7) is 6.46. The number of benzene rings is 2. The van der Waals surface area contributed by atoms with Gasteiger partial charge < -0.3 is 10.6 Å². The Morgan fingerprint density at radius 2 is 0.521 bits per heavy atom. The predicted molar refractivity (Wildman–Crippen MR) is 218 cm³/mol. The van der Waals surface area contributed by atoms with E-state index in [1.54, 1.807) is 0 Å². The van der Waals surface area contributed by atoms with Crippen LogP contribution < -0.4 is 10.6 Å². The Hall–Kier alpha value is -1.96. The zero-order valence-electron chi connectivity index (χ0n) is 32.2. The van der Waals surface area contributed by atoms with Crippen LogP contribution in [-0.4, -0.2) is 13.1 Å². The van der Waals surface area contributed by atoms with Crippen molar-refractivity contribution in [2.75, 3.05) is 23.7 Å². The fourth-order valence-electron chi connectivity index (χ4n) is 7.04. The molecule has 0 aliphatic heterocycles. The van der Waals surface area contributed by atoms with Crippen molar-refractivity contribution in [3.8, 4) is 0 Å². The van der Waals surface area contributed by atoms with Crippen LogP contribution >= 0.6 is 0 Å². The molecule has 0 saturated carbocycles. The van der Waals surface area contributed by atoms with Gasteiger partial charge in [0.05, 0.1) is 0 Å². The van der Waals surface area contributed by atoms with Gasteiger partial charge in [-0.05, 0) is 61.1 Å². The first-order chi connectivity index (χ1) is 23.8. The molecule has 2 heteroatoms. The van der Waals surface area contributed by atoms with Crippen LogP contribution in [0.4, 0.5) is 11.4 Å². The lowest BCUT2D eigenvalue weighted by atomic mass is 10.0. The molecular formula is C46H80N2. The minimum Gasteiger partial charge on any atom is -0.383 e. The van der Waals surface area contributed by atoms with Gasteiger partial charge in [-0.3, -0.25) is 0 Å². The fraction of sp³-hybridized carbons (Fsp3) is 0.739. The second kappa shape index (κ2) is 32.3. The summed E-state index contributed by atoms with van der Waals surface area (Å²) in [6.07, 6.45) is 42.4. The highest BCUT2D eigenvalue weighted by molar-refractivity contribution is 5.47. The Labute approximate surface area is 300 Å². The van der Waals surface area contributed by atoms with Crippen molar-refractivity contribution < 1.29 is 0 Å². The maximum atomic E-state index is 3.58. The van der Waals surface area contributed by atoms with Gasteiger partial charge in [0.25, 0.3) is 0 Å². The summed E-state index contributed by atoms with van der Waals surface area (Å²) in [5.41, 5.74) is 5.41. The van der Waals surface area contributed by atoms with Gasteiger partial charge in [0.2, 0.25) is 0 Å². The van der Waals surface area contributed by atoms with Crippen LogP contribution in [-0.2, 0) is 12.8 Å². The van der Waals surface area contributed by atoms with Crippen LogP contribution in [0.5, 0.6) is 0 Å². The average Bonchev–Trinajstić information content (AvgIpc) is 3.11. The van der Waals surface area contributed by atoms with Crippen LogP contribution in [0.15, 0.2) is 48.5 Å². The first-order valence-electron chi connectivity index (χ1n) is 21.5. The summed E-state index contributed by atoms with van der Waals surface area (Å²) in [6, 6.07) is 18.3. The summed E-state index contributed by atoms with van der Waals surface area (Å²) < 4.78 is 0. The molecular weight excluding hydrogens is 581 g/mol. The van der Waals surface area contributed by atoms with Crippen molar-refractivity contribution in [3.63, 3.8) is 0 Å². The Kier molecular flexibility index (Phi) is 28.4. The van der Waals surface area contributed by atoms with Crippen LogP contribution in [0.1, 0.15) is 205 Å². The number of rotatable bonds is 35. The normalized spacial score (nSPS) is 11.3. The summed E-state index contributed by atoms with van der Waals surface area (Å²) in [7, 11) is 0. The van der Waals surface area contributed by atoms with Gasteiger partial charge in [-0.15, -0.1) is 0 Å². The van der Waals surface area contributed by atoms with E-state index in [1.165, 1.54) is 215 Å². The molecule has 0 saturated heterocycles. The molecule has 0 atom stereocenters. The third kappa shape index (κ3) is 25.1. The molecule has 0 aliphatic rings. The molecule has 0 amide bonds. The van der Waals surface area contributed by atoms with Crippen molar-refractivity contribution in [2.24, 2.45) is 0 Å². The van der Waals surface area contributed by atoms with Crippen LogP contribution in [0, 0.1) is 0 Å². The van der Waals surface area contributed by atoms with E-state index in [4.69, 9.17) is 0 Å². The molecule has 48 heavy (non-hydrogen) atoms. The molecule has 0 aromatic heterocycles. The number of unbranched alkanes of at least 4 members (excludes halogenated alkanes) is 26. The Bertz CT molecular complexity index is 841. The molecule has 0 aliphatic carbocycles. The average molecular weight is 661 g/mol. The lowest BCUT2D eigenvalue weighted by Gasteiger charge is -2.10. The number of hydrogen-bond acceptors (Lipinski definition) is 2. The first-order valence-corrected chi connectivity index (χ1v) is 21.5. The topological polar surface area (TPSA) is 24.1 Å². The van der Waals surface area contributed by atoms with Gasteiger partial charge in [0.1, 0.15) is 0 Å². The predicted octanol–water partition coefficient (Wildman–Crippen LogP) is 15.3. The first kappa shape index (κ1) is 42.2. The van der Waals surface area contributed by atoms with Crippen molar-refractivity contribution >= 4 is 11.4 Å². The Morgan fingerprint density at radius 3 is 0.771 bits per heavy atom. The molecule has 2 aromatic carbocycles. The van der Waals surface area contributed by atoms with E-state index in [1.807, 2.05) is 0 Å². The van der Waals surface area contributed by atoms with E-state index in [0.29, 0.717) is 0 Å². The van der Waals surface area contributed by atoms with Crippen LogP contribution in [0.3, 0.4) is 0 Å². The van der Waals surface area contributed by atoms with E-state index in [9.17, 15) is 0 Å². The standard InChI is InChI=1S/C46H80N2/c1-3-5-7-9-11-13-15-17-19-21-23-25-27-29-31-43-33-37-45(38-34-43)47-41-42-48-46-39-35-44(36-40-46)32-30-28-26-24-22-20-18-16-14-12-10-8-6-4-2/h33-40,47-48H,3-32,41-42H2,1-2H3. The van der Waals surface area contributed by atoms with E-state index in [0.717, 1.165) is 13.1 Å². The minimum atomic E-state index is 0.930. The van der Waals surface area contributed by atoms with Gasteiger partial charge in [-0.1, -0.05) is 205 Å². The minimum absolute atomic E-state index is 0.930. The molecule has 2 rings (SSSR count). The molecule has 0 spiro atoms. The third-order valence-electron chi connectivity index (χ3n) is 10.3.